The highest BCUT2D eigenvalue weighted by Gasteiger charge is 2.11. The van der Waals surface area contributed by atoms with Crippen molar-refractivity contribution in [3.8, 4) is 0 Å². The third kappa shape index (κ3) is 1.44. The standard InChI is InChI=1S/C7H9BN2O2/c1-2-12-7(11)5-3-4-6(8)10(5)9/h3-4H,2,9H2,1H3. The molecule has 0 saturated heterocycles. The Kier molecular flexibility index (Phi) is 2.42. The van der Waals surface area contributed by atoms with Gasteiger partial charge in [0.15, 0.2) is 0 Å². The van der Waals surface area contributed by atoms with E-state index < -0.39 is 5.97 Å². The van der Waals surface area contributed by atoms with Crippen LogP contribution in [0.1, 0.15) is 17.4 Å². The molecule has 0 saturated carbocycles. The Morgan fingerprint density at radius 1 is 1.75 bits per heavy atom. The van der Waals surface area contributed by atoms with E-state index in [2.05, 4.69) is 0 Å². The van der Waals surface area contributed by atoms with Crippen LogP contribution in [-0.2, 0) is 4.74 Å². The highest BCUT2D eigenvalue weighted by atomic mass is 16.5. The van der Waals surface area contributed by atoms with E-state index in [9.17, 15) is 4.79 Å². The molecule has 62 valence electrons. The van der Waals surface area contributed by atoms with Crippen LogP contribution in [0, 0.1) is 0 Å². The van der Waals surface area contributed by atoms with Crippen LogP contribution in [0.3, 0.4) is 0 Å². The van der Waals surface area contributed by atoms with Crippen molar-refractivity contribution >= 4 is 19.4 Å². The number of hydrogen-bond donors (Lipinski definition) is 1. The Labute approximate surface area is 71.7 Å². The van der Waals surface area contributed by atoms with Gasteiger partial charge in [0.25, 0.3) is 0 Å². The van der Waals surface area contributed by atoms with Gasteiger partial charge in [0.2, 0.25) is 0 Å². The lowest BCUT2D eigenvalue weighted by atomic mass is 10.1. The molecule has 0 spiro atoms. The van der Waals surface area contributed by atoms with E-state index in [-0.39, 0.29) is 5.69 Å². The number of hydrogen-bond acceptors (Lipinski definition) is 3. The predicted molar refractivity (Wildman–Crippen MR) is 45.9 cm³/mol. The Balaban J connectivity index is 2.88. The van der Waals surface area contributed by atoms with Crippen LogP contribution < -0.4 is 11.4 Å². The third-order valence-corrected chi connectivity index (χ3v) is 1.43. The molecule has 5 heteroatoms. The van der Waals surface area contributed by atoms with Gasteiger partial charge >= 0.3 is 5.97 Å². The van der Waals surface area contributed by atoms with Crippen LogP contribution >= 0.6 is 0 Å². The first-order valence-corrected chi connectivity index (χ1v) is 3.56. The lowest BCUT2D eigenvalue weighted by Gasteiger charge is -2.03. The molecular weight excluding hydrogens is 155 g/mol. The van der Waals surface area contributed by atoms with E-state index in [0.717, 1.165) is 4.68 Å². The van der Waals surface area contributed by atoms with Crippen molar-refractivity contribution in [1.29, 1.82) is 0 Å². The molecule has 2 radical (unpaired) electrons. The van der Waals surface area contributed by atoms with E-state index in [1.54, 1.807) is 13.0 Å². The van der Waals surface area contributed by atoms with Crippen molar-refractivity contribution in [3.05, 3.63) is 17.8 Å². The maximum absolute atomic E-state index is 11.1. The van der Waals surface area contributed by atoms with Gasteiger partial charge < -0.3 is 10.6 Å². The summed E-state index contributed by atoms with van der Waals surface area (Å²) in [6.45, 7) is 2.05. The molecule has 0 aromatic carbocycles. The van der Waals surface area contributed by atoms with Gasteiger partial charge in [-0.1, -0.05) is 0 Å². The highest BCUT2D eigenvalue weighted by Crippen LogP contribution is 1.97. The van der Waals surface area contributed by atoms with Crippen LogP contribution in [0.25, 0.3) is 0 Å². The zero-order chi connectivity index (χ0) is 9.14. The van der Waals surface area contributed by atoms with Gasteiger partial charge in [-0.25, -0.2) is 4.79 Å². The first-order valence-electron chi connectivity index (χ1n) is 3.56. The molecule has 0 aliphatic rings. The summed E-state index contributed by atoms with van der Waals surface area (Å²) < 4.78 is 5.82. The molecule has 0 aliphatic heterocycles. The lowest BCUT2D eigenvalue weighted by Crippen LogP contribution is -2.28. The SMILES string of the molecule is [B]c1ccc(C(=O)OCC)n1N. The number of rotatable bonds is 2. The Hall–Kier alpha value is -1.39. The second-order valence-corrected chi connectivity index (χ2v) is 2.23. The largest absolute Gasteiger partial charge is 0.461 e. The summed E-state index contributed by atoms with van der Waals surface area (Å²) >= 11 is 0. The Morgan fingerprint density at radius 3 is 2.83 bits per heavy atom. The third-order valence-electron chi connectivity index (χ3n) is 1.43. The summed E-state index contributed by atoms with van der Waals surface area (Å²) in [4.78, 5) is 11.1. The summed E-state index contributed by atoms with van der Waals surface area (Å²) in [6.07, 6.45) is 0. The molecule has 1 aromatic heterocycles. The summed E-state index contributed by atoms with van der Waals surface area (Å²) in [6, 6.07) is 3.07. The Morgan fingerprint density at radius 2 is 2.42 bits per heavy atom. The van der Waals surface area contributed by atoms with Crippen LogP contribution in [0.15, 0.2) is 12.1 Å². The van der Waals surface area contributed by atoms with Gasteiger partial charge in [-0.3, -0.25) is 4.68 Å². The highest BCUT2D eigenvalue weighted by molar-refractivity contribution is 6.31. The fraction of sp³-hybridized carbons (Fsp3) is 0.286. The van der Waals surface area contributed by atoms with Gasteiger partial charge in [0.05, 0.1) is 6.61 Å². The smallest absolute Gasteiger partial charge is 0.356 e. The van der Waals surface area contributed by atoms with Crippen LogP contribution in [0.4, 0.5) is 0 Å². The average Bonchev–Trinajstić information content (AvgIpc) is 2.34. The zero-order valence-corrected chi connectivity index (χ0v) is 6.78. The minimum absolute atomic E-state index is 0.259. The molecule has 1 rings (SSSR count). The predicted octanol–water partition coefficient (Wildman–Crippen LogP) is -0.828. The van der Waals surface area contributed by atoms with Gasteiger partial charge in [0, 0.05) is 0 Å². The minimum atomic E-state index is -0.461. The fourth-order valence-corrected chi connectivity index (χ4v) is 0.835. The monoisotopic (exact) mass is 164 g/mol. The molecule has 2 N–H and O–H groups in total. The number of aromatic nitrogens is 1. The number of carbonyl (C=O) groups excluding carboxylic acids is 1. The molecule has 0 fully saturated rings. The molecule has 0 aliphatic carbocycles. The number of nitrogens with zero attached hydrogens (tertiary/aromatic N) is 1. The molecule has 1 heterocycles. The molecule has 0 unspecified atom stereocenters. The second-order valence-electron chi connectivity index (χ2n) is 2.23. The number of nitrogen functional groups attached to an aromatic ring is 1. The summed E-state index contributed by atoms with van der Waals surface area (Å²) in [5.74, 6) is 4.96. The van der Waals surface area contributed by atoms with Gasteiger partial charge in [-0.15, -0.1) is 0 Å². The van der Waals surface area contributed by atoms with E-state index in [1.165, 1.54) is 6.07 Å². The number of nitrogens with two attached hydrogens (primary N) is 1. The quantitative estimate of drug-likeness (QED) is 0.352. The van der Waals surface area contributed by atoms with Crippen molar-refractivity contribution in [2.75, 3.05) is 12.4 Å². The van der Waals surface area contributed by atoms with Crippen LogP contribution in [-0.4, -0.2) is 25.1 Å². The van der Waals surface area contributed by atoms with E-state index in [1.807, 2.05) is 0 Å². The van der Waals surface area contributed by atoms with E-state index in [4.69, 9.17) is 18.4 Å². The van der Waals surface area contributed by atoms with Crippen molar-refractivity contribution < 1.29 is 9.53 Å². The fourth-order valence-electron chi connectivity index (χ4n) is 0.835. The first kappa shape index (κ1) is 8.71. The molecule has 0 amide bonds. The second kappa shape index (κ2) is 3.34. The maximum atomic E-state index is 11.1. The van der Waals surface area contributed by atoms with E-state index >= 15 is 0 Å². The van der Waals surface area contributed by atoms with Crippen LogP contribution in [0.2, 0.25) is 0 Å². The van der Waals surface area contributed by atoms with Crippen molar-refractivity contribution in [3.63, 3.8) is 0 Å². The summed E-state index contributed by atoms with van der Waals surface area (Å²) in [7, 11) is 5.40. The van der Waals surface area contributed by atoms with Crippen molar-refractivity contribution in [2.45, 2.75) is 6.92 Å². The number of ether oxygens (including phenoxy) is 1. The normalized spacial score (nSPS) is 9.75. The number of carbonyl (C=O) groups is 1. The Bertz CT molecular complexity index is 296. The van der Waals surface area contributed by atoms with Gasteiger partial charge in [-0.05, 0) is 24.6 Å². The maximum Gasteiger partial charge on any atom is 0.356 e. The topological polar surface area (TPSA) is 57.2 Å². The minimum Gasteiger partial charge on any atom is -0.461 e. The number of esters is 1. The lowest BCUT2D eigenvalue weighted by molar-refractivity contribution is 0.0516. The zero-order valence-electron chi connectivity index (χ0n) is 6.78. The van der Waals surface area contributed by atoms with Crippen molar-refractivity contribution in [1.82, 2.24) is 4.68 Å². The average molecular weight is 164 g/mol. The molecule has 0 atom stereocenters. The summed E-state index contributed by atoms with van der Waals surface area (Å²) in [5.41, 5.74) is 0.590. The van der Waals surface area contributed by atoms with Gasteiger partial charge in [-0.2, -0.15) is 0 Å². The molecule has 0 bridgehead atoms. The van der Waals surface area contributed by atoms with Crippen molar-refractivity contribution in [2.24, 2.45) is 0 Å². The molecule has 1 aromatic rings. The molecular formula is C7H9BN2O2. The molecule has 12 heavy (non-hydrogen) atoms. The van der Waals surface area contributed by atoms with Gasteiger partial charge in [0.1, 0.15) is 13.5 Å². The van der Waals surface area contributed by atoms with Crippen LogP contribution in [0.5, 0.6) is 0 Å². The summed E-state index contributed by atoms with van der Waals surface area (Å²) in [5, 5.41) is 0. The first-order chi connectivity index (χ1) is 5.66. The van der Waals surface area contributed by atoms with E-state index in [0.29, 0.717) is 12.2 Å². The molecule has 4 nitrogen and oxygen atoms in total.